The van der Waals surface area contributed by atoms with Gasteiger partial charge in [-0.15, -0.1) is 0 Å². The van der Waals surface area contributed by atoms with Crippen molar-refractivity contribution in [3.63, 3.8) is 0 Å². The molecule has 2 radical (unpaired) electrons. The van der Waals surface area contributed by atoms with Gasteiger partial charge in [-0.1, -0.05) is 29.7 Å². The molecular formula is C18H14BNO3. The molecule has 5 heteroatoms. The van der Waals surface area contributed by atoms with Gasteiger partial charge in [0, 0.05) is 5.56 Å². The second-order valence-corrected chi connectivity index (χ2v) is 5.25. The van der Waals surface area contributed by atoms with Gasteiger partial charge in [-0.05, 0) is 35.2 Å². The molecule has 0 aliphatic carbocycles. The van der Waals surface area contributed by atoms with Crippen LogP contribution in [0.2, 0.25) is 0 Å². The highest BCUT2D eigenvalue weighted by atomic mass is 16.5. The van der Waals surface area contributed by atoms with Crippen LogP contribution < -0.4 is 10.2 Å². The quantitative estimate of drug-likeness (QED) is 0.752. The van der Waals surface area contributed by atoms with E-state index in [1.165, 1.54) is 0 Å². The fourth-order valence-electron chi connectivity index (χ4n) is 2.56. The first-order chi connectivity index (χ1) is 11.1. The van der Waals surface area contributed by atoms with E-state index in [1.807, 2.05) is 36.4 Å². The van der Waals surface area contributed by atoms with E-state index in [0.29, 0.717) is 22.5 Å². The minimum absolute atomic E-state index is 0.107. The summed E-state index contributed by atoms with van der Waals surface area (Å²) in [5, 5.41) is 10.0. The summed E-state index contributed by atoms with van der Waals surface area (Å²) in [5.41, 5.74) is 3.49. The lowest BCUT2D eigenvalue weighted by atomic mass is 9.93. The van der Waals surface area contributed by atoms with Gasteiger partial charge in [0.1, 0.15) is 13.6 Å². The normalized spacial score (nSPS) is 10.7. The summed E-state index contributed by atoms with van der Waals surface area (Å²) in [6.07, 6.45) is -0.107. The molecule has 0 unspecified atom stereocenters. The zero-order chi connectivity index (χ0) is 16.4. The van der Waals surface area contributed by atoms with E-state index in [0.717, 1.165) is 16.5 Å². The topological polar surface area (TPSA) is 59.4 Å². The predicted octanol–water partition coefficient (Wildman–Crippen LogP) is 2.33. The van der Waals surface area contributed by atoms with Crippen LogP contribution in [-0.4, -0.2) is 31.0 Å². The summed E-state index contributed by atoms with van der Waals surface area (Å²) in [4.78, 5) is 15.8. The Morgan fingerprint density at radius 1 is 1.22 bits per heavy atom. The highest BCUT2D eigenvalue weighted by Crippen LogP contribution is 2.28. The summed E-state index contributed by atoms with van der Waals surface area (Å²) in [5.74, 6) is -0.206. The van der Waals surface area contributed by atoms with Crippen LogP contribution in [-0.2, 0) is 11.2 Å². The number of aliphatic carboxylic acids is 1. The summed E-state index contributed by atoms with van der Waals surface area (Å²) in [7, 11) is 7.39. The number of fused-ring (bicyclic) bond motifs is 1. The fourth-order valence-corrected chi connectivity index (χ4v) is 2.56. The Morgan fingerprint density at radius 3 is 2.78 bits per heavy atom. The van der Waals surface area contributed by atoms with Crippen molar-refractivity contribution in [3.8, 4) is 17.0 Å². The van der Waals surface area contributed by atoms with Gasteiger partial charge >= 0.3 is 5.97 Å². The van der Waals surface area contributed by atoms with Gasteiger partial charge in [0.2, 0.25) is 0 Å². The van der Waals surface area contributed by atoms with Crippen molar-refractivity contribution in [1.29, 1.82) is 0 Å². The Labute approximate surface area is 135 Å². The molecule has 3 rings (SSSR count). The molecule has 0 saturated carbocycles. The number of benzene rings is 2. The largest absolute Gasteiger partial charge is 0.497 e. The average Bonchev–Trinajstić information content (AvgIpc) is 2.53. The first kappa shape index (κ1) is 15.1. The minimum atomic E-state index is -0.904. The van der Waals surface area contributed by atoms with E-state index < -0.39 is 5.97 Å². The number of aromatic nitrogens is 1. The number of carboxylic acids is 1. The first-order valence-corrected chi connectivity index (χ1v) is 7.12. The van der Waals surface area contributed by atoms with Crippen molar-refractivity contribution in [3.05, 3.63) is 54.1 Å². The smallest absolute Gasteiger partial charge is 0.307 e. The first-order valence-electron chi connectivity index (χ1n) is 7.12. The molecule has 0 fully saturated rings. The minimum Gasteiger partial charge on any atom is -0.497 e. The van der Waals surface area contributed by atoms with Crippen LogP contribution in [0.5, 0.6) is 5.75 Å². The maximum atomic E-state index is 11.2. The summed E-state index contributed by atoms with van der Waals surface area (Å²) < 4.78 is 5.24. The number of nitrogens with zero attached hydrogens (tertiary/aromatic N) is 1. The number of hydrogen-bond donors (Lipinski definition) is 1. The summed E-state index contributed by atoms with van der Waals surface area (Å²) in [6.45, 7) is 0. The third-order valence-corrected chi connectivity index (χ3v) is 3.60. The standard InChI is InChI=1S/C18H14BNO3/c1-23-15-4-2-3-11(9-15)18-13(10-17(21)22)7-12-8-14(19)5-6-16(12)20-18/h2-9H,10H2,1H3,(H,21,22). The number of carboxylic acid groups (broad SMARTS) is 1. The third-order valence-electron chi connectivity index (χ3n) is 3.60. The van der Waals surface area contributed by atoms with Crippen LogP contribution in [0, 0.1) is 0 Å². The molecule has 23 heavy (non-hydrogen) atoms. The zero-order valence-corrected chi connectivity index (χ0v) is 12.6. The van der Waals surface area contributed by atoms with Gasteiger partial charge < -0.3 is 9.84 Å². The van der Waals surface area contributed by atoms with E-state index >= 15 is 0 Å². The Balaban J connectivity index is 2.23. The Kier molecular flexibility index (Phi) is 4.02. The second-order valence-electron chi connectivity index (χ2n) is 5.25. The van der Waals surface area contributed by atoms with Gasteiger partial charge in [-0.25, -0.2) is 4.98 Å². The van der Waals surface area contributed by atoms with E-state index in [-0.39, 0.29) is 6.42 Å². The average molecular weight is 303 g/mol. The van der Waals surface area contributed by atoms with Crippen LogP contribution in [0.3, 0.4) is 0 Å². The number of methoxy groups -OCH3 is 1. The molecule has 0 bridgehead atoms. The fraction of sp³-hybridized carbons (Fsp3) is 0.111. The number of hydrogen-bond acceptors (Lipinski definition) is 3. The molecule has 0 spiro atoms. The molecule has 4 nitrogen and oxygen atoms in total. The SMILES string of the molecule is [B]c1ccc2nc(-c3cccc(OC)c3)c(CC(=O)O)cc2c1. The lowest BCUT2D eigenvalue weighted by Crippen LogP contribution is -2.05. The van der Waals surface area contributed by atoms with E-state index in [4.69, 9.17) is 12.6 Å². The molecule has 1 N–H and O–H groups in total. The highest BCUT2D eigenvalue weighted by molar-refractivity contribution is 6.33. The van der Waals surface area contributed by atoms with Crippen molar-refractivity contribution in [2.45, 2.75) is 6.42 Å². The van der Waals surface area contributed by atoms with Gasteiger partial charge in [0.15, 0.2) is 0 Å². The molecule has 1 heterocycles. The Bertz CT molecular complexity index is 893. The molecule has 1 aromatic heterocycles. The molecule has 0 aliphatic heterocycles. The monoisotopic (exact) mass is 303 g/mol. The third kappa shape index (κ3) is 3.18. The van der Waals surface area contributed by atoms with Gasteiger partial charge in [0.05, 0.1) is 24.7 Å². The summed E-state index contributed by atoms with van der Waals surface area (Å²) in [6, 6.07) is 14.7. The zero-order valence-electron chi connectivity index (χ0n) is 12.6. The van der Waals surface area contributed by atoms with Crippen LogP contribution in [0.4, 0.5) is 0 Å². The molecule has 2 aromatic carbocycles. The van der Waals surface area contributed by atoms with Crippen LogP contribution in [0.25, 0.3) is 22.2 Å². The summed E-state index contributed by atoms with van der Waals surface area (Å²) >= 11 is 0. The maximum absolute atomic E-state index is 11.2. The molecule has 0 amide bonds. The van der Waals surface area contributed by atoms with Crippen molar-refractivity contribution in [1.82, 2.24) is 4.98 Å². The van der Waals surface area contributed by atoms with Crippen molar-refractivity contribution in [2.75, 3.05) is 7.11 Å². The van der Waals surface area contributed by atoms with E-state index in [1.54, 1.807) is 19.2 Å². The van der Waals surface area contributed by atoms with E-state index in [9.17, 15) is 9.90 Å². The second kappa shape index (κ2) is 6.12. The maximum Gasteiger partial charge on any atom is 0.307 e. The van der Waals surface area contributed by atoms with Crippen LogP contribution >= 0.6 is 0 Å². The van der Waals surface area contributed by atoms with Crippen molar-refractivity contribution < 1.29 is 14.6 Å². The number of carbonyl (C=O) groups is 1. The van der Waals surface area contributed by atoms with Gasteiger partial charge in [-0.3, -0.25) is 4.79 Å². The Hall–Kier alpha value is -2.82. The number of rotatable bonds is 4. The molecule has 0 atom stereocenters. The highest BCUT2D eigenvalue weighted by Gasteiger charge is 2.13. The predicted molar refractivity (Wildman–Crippen MR) is 90.5 cm³/mol. The van der Waals surface area contributed by atoms with Crippen molar-refractivity contribution in [2.24, 2.45) is 0 Å². The van der Waals surface area contributed by atoms with Crippen LogP contribution in [0.15, 0.2) is 48.5 Å². The van der Waals surface area contributed by atoms with Gasteiger partial charge in [-0.2, -0.15) is 0 Å². The molecule has 3 aromatic rings. The molecule has 0 aliphatic rings. The van der Waals surface area contributed by atoms with Crippen LogP contribution in [0.1, 0.15) is 5.56 Å². The Morgan fingerprint density at radius 2 is 2.04 bits per heavy atom. The van der Waals surface area contributed by atoms with E-state index in [2.05, 4.69) is 4.98 Å². The van der Waals surface area contributed by atoms with Crippen molar-refractivity contribution >= 4 is 30.2 Å². The van der Waals surface area contributed by atoms with Gasteiger partial charge in [0.25, 0.3) is 0 Å². The lowest BCUT2D eigenvalue weighted by Gasteiger charge is -2.11. The lowest BCUT2D eigenvalue weighted by molar-refractivity contribution is -0.136. The molecule has 0 saturated heterocycles. The molecule has 112 valence electrons. The number of ether oxygens (including phenoxy) is 1. The molecular weight excluding hydrogens is 289 g/mol. The number of pyridine rings is 1.